The summed E-state index contributed by atoms with van der Waals surface area (Å²) in [7, 11) is 3.76. The van der Waals surface area contributed by atoms with E-state index < -0.39 is 0 Å². The minimum absolute atomic E-state index is 0.479. The third kappa shape index (κ3) is 3.26. The molecule has 0 spiro atoms. The number of anilines is 1. The molecule has 1 rings (SSSR count). The first kappa shape index (κ1) is 15.5. The summed E-state index contributed by atoms with van der Waals surface area (Å²) in [4.78, 5) is 2.39. The Morgan fingerprint density at radius 3 is 2.67 bits per heavy atom. The largest absolute Gasteiger partial charge is 0.383 e. The molecular weight excluding hydrogens is 294 g/mol. The van der Waals surface area contributed by atoms with Gasteiger partial charge in [0.1, 0.15) is 5.82 Å². The van der Waals surface area contributed by atoms with Crippen LogP contribution in [0.2, 0.25) is 0 Å². The van der Waals surface area contributed by atoms with Gasteiger partial charge in [0.05, 0.1) is 12.3 Å². The molecule has 1 aromatic rings. The maximum Gasteiger partial charge on any atom is 0.131 e. The first-order chi connectivity index (χ1) is 8.56. The second-order valence-corrected chi connectivity index (χ2v) is 5.15. The van der Waals surface area contributed by atoms with Crippen LogP contribution in [-0.4, -0.2) is 36.1 Å². The Kier molecular flexibility index (Phi) is 6.15. The number of nitrogens with zero attached hydrogens (tertiary/aromatic N) is 3. The number of hydrogen-bond acceptors (Lipinski definition) is 3. The zero-order valence-electron chi connectivity index (χ0n) is 12.0. The van der Waals surface area contributed by atoms with E-state index in [9.17, 15) is 0 Å². The zero-order chi connectivity index (χ0) is 13.7. The van der Waals surface area contributed by atoms with Crippen molar-refractivity contribution in [2.24, 2.45) is 7.05 Å². The van der Waals surface area contributed by atoms with E-state index >= 15 is 0 Å². The van der Waals surface area contributed by atoms with Crippen molar-refractivity contribution in [1.29, 1.82) is 0 Å². The molecule has 0 saturated heterocycles. The minimum atomic E-state index is 0.479. The van der Waals surface area contributed by atoms with Gasteiger partial charge in [0.15, 0.2) is 0 Å². The van der Waals surface area contributed by atoms with Gasteiger partial charge in [-0.1, -0.05) is 22.9 Å². The molecule has 1 unspecified atom stereocenters. The summed E-state index contributed by atoms with van der Waals surface area (Å²) in [6.07, 6.45) is 1.11. The minimum Gasteiger partial charge on any atom is -0.383 e. The molecular formula is C13H24BrN3O. The maximum atomic E-state index is 5.23. The summed E-state index contributed by atoms with van der Waals surface area (Å²) in [6, 6.07) is 0.479. The predicted octanol–water partition coefficient (Wildman–Crippen LogP) is 2.87. The van der Waals surface area contributed by atoms with Crippen LogP contribution in [0.25, 0.3) is 0 Å². The van der Waals surface area contributed by atoms with Gasteiger partial charge in [-0.05, 0) is 20.3 Å². The van der Waals surface area contributed by atoms with Crippen LogP contribution in [0.15, 0.2) is 0 Å². The molecule has 0 radical (unpaired) electrons. The Morgan fingerprint density at radius 2 is 2.17 bits per heavy atom. The lowest BCUT2D eigenvalue weighted by atomic mass is 10.2. The number of rotatable bonds is 7. The summed E-state index contributed by atoms with van der Waals surface area (Å²) >= 11 is 3.57. The van der Waals surface area contributed by atoms with Gasteiger partial charge >= 0.3 is 0 Å². The second-order valence-electron chi connectivity index (χ2n) is 4.59. The van der Waals surface area contributed by atoms with Gasteiger partial charge in [-0.25, -0.2) is 0 Å². The molecule has 5 heteroatoms. The highest BCUT2D eigenvalue weighted by atomic mass is 79.9. The number of aromatic nitrogens is 2. The molecule has 0 saturated carbocycles. The smallest absolute Gasteiger partial charge is 0.131 e. The van der Waals surface area contributed by atoms with Crippen molar-refractivity contribution < 1.29 is 4.74 Å². The molecule has 0 amide bonds. The van der Waals surface area contributed by atoms with Crippen molar-refractivity contribution in [3.8, 4) is 0 Å². The highest BCUT2D eigenvalue weighted by Crippen LogP contribution is 2.27. The van der Waals surface area contributed by atoms with E-state index in [1.807, 2.05) is 11.7 Å². The Morgan fingerprint density at radius 1 is 1.50 bits per heavy atom. The topological polar surface area (TPSA) is 30.3 Å². The normalized spacial score (nSPS) is 12.8. The molecule has 0 N–H and O–H groups in total. The third-order valence-electron chi connectivity index (χ3n) is 3.38. The number of aryl methyl sites for hydroxylation is 2. The van der Waals surface area contributed by atoms with Crippen LogP contribution in [0.1, 0.15) is 31.5 Å². The Balaban J connectivity index is 3.11. The fourth-order valence-corrected chi connectivity index (χ4v) is 2.81. The van der Waals surface area contributed by atoms with Gasteiger partial charge in [-0.2, -0.15) is 5.10 Å². The standard InChI is InChI=1S/C13H24BrN3O/c1-6-10(2)17(7-8-18-5)13-12(9-14)11(3)15-16(13)4/h10H,6-9H2,1-5H3. The average molecular weight is 318 g/mol. The molecule has 0 aliphatic heterocycles. The molecule has 1 aromatic heterocycles. The van der Waals surface area contributed by atoms with E-state index in [1.165, 1.54) is 11.4 Å². The average Bonchev–Trinajstić information content (AvgIpc) is 2.64. The van der Waals surface area contributed by atoms with Crippen molar-refractivity contribution in [3.63, 3.8) is 0 Å². The summed E-state index contributed by atoms with van der Waals surface area (Å²) in [5, 5.41) is 5.37. The van der Waals surface area contributed by atoms with Crippen molar-refractivity contribution in [1.82, 2.24) is 9.78 Å². The Bertz CT molecular complexity index is 379. The lowest BCUT2D eigenvalue weighted by Crippen LogP contribution is -2.37. The molecule has 1 atom stereocenters. The maximum absolute atomic E-state index is 5.23. The van der Waals surface area contributed by atoms with Crippen molar-refractivity contribution in [2.45, 2.75) is 38.6 Å². The van der Waals surface area contributed by atoms with Crippen molar-refractivity contribution in [2.75, 3.05) is 25.2 Å². The van der Waals surface area contributed by atoms with Gasteiger partial charge in [0, 0.05) is 37.6 Å². The van der Waals surface area contributed by atoms with Gasteiger partial charge in [-0.3, -0.25) is 4.68 Å². The molecule has 18 heavy (non-hydrogen) atoms. The number of alkyl halides is 1. The van der Waals surface area contributed by atoms with E-state index in [-0.39, 0.29) is 0 Å². The van der Waals surface area contributed by atoms with Crippen LogP contribution >= 0.6 is 15.9 Å². The van der Waals surface area contributed by atoms with Gasteiger partial charge in [0.25, 0.3) is 0 Å². The monoisotopic (exact) mass is 317 g/mol. The van der Waals surface area contributed by atoms with E-state index in [0.29, 0.717) is 6.04 Å². The molecule has 0 aromatic carbocycles. The highest BCUT2D eigenvalue weighted by molar-refractivity contribution is 9.08. The van der Waals surface area contributed by atoms with E-state index in [4.69, 9.17) is 4.74 Å². The lowest BCUT2D eigenvalue weighted by Gasteiger charge is -2.31. The molecule has 0 fully saturated rings. The van der Waals surface area contributed by atoms with Gasteiger partial charge < -0.3 is 9.64 Å². The van der Waals surface area contributed by atoms with Crippen LogP contribution in [0.3, 0.4) is 0 Å². The Hall–Kier alpha value is -0.550. The van der Waals surface area contributed by atoms with Crippen LogP contribution in [0.4, 0.5) is 5.82 Å². The van der Waals surface area contributed by atoms with Crippen molar-refractivity contribution >= 4 is 21.7 Å². The lowest BCUT2D eigenvalue weighted by molar-refractivity contribution is 0.203. The first-order valence-corrected chi connectivity index (χ1v) is 7.52. The summed E-state index contributed by atoms with van der Waals surface area (Å²) < 4.78 is 7.21. The van der Waals surface area contributed by atoms with Crippen LogP contribution in [-0.2, 0) is 17.1 Å². The molecule has 0 bridgehead atoms. The van der Waals surface area contributed by atoms with Gasteiger partial charge in [0.2, 0.25) is 0 Å². The van der Waals surface area contributed by atoms with Crippen molar-refractivity contribution in [3.05, 3.63) is 11.3 Å². The third-order valence-corrected chi connectivity index (χ3v) is 3.94. The first-order valence-electron chi connectivity index (χ1n) is 6.40. The summed E-state index contributed by atoms with van der Waals surface area (Å²) in [5.41, 5.74) is 2.36. The van der Waals surface area contributed by atoms with Crippen LogP contribution in [0.5, 0.6) is 0 Å². The highest BCUT2D eigenvalue weighted by Gasteiger charge is 2.21. The van der Waals surface area contributed by atoms with E-state index in [2.05, 4.69) is 46.7 Å². The summed E-state index contributed by atoms with van der Waals surface area (Å²) in [6.45, 7) is 8.14. The molecule has 0 aliphatic rings. The second kappa shape index (κ2) is 7.14. The van der Waals surface area contributed by atoms with Crippen LogP contribution < -0.4 is 4.90 Å². The number of ether oxygens (including phenoxy) is 1. The molecule has 4 nitrogen and oxygen atoms in total. The van der Waals surface area contributed by atoms with E-state index in [0.717, 1.165) is 30.6 Å². The number of methoxy groups -OCH3 is 1. The van der Waals surface area contributed by atoms with Crippen LogP contribution in [0, 0.1) is 6.92 Å². The molecule has 104 valence electrons. The quantitative estimate of drug-likeness (QED) is 0.724. The fraction of sp³-hybridized carbons (Fsp3) is 0.769. The number of halogens is 1. The molecule has 0 aliphatic carbocycles. The van der Waals surface area contributed by atoms with E-state index in [1.54, 1.807) is 7.11 Å². The van der Waals surface area contributed by atoms with Gasteiger partial charge in [-0.15, -0.1) is 0 Å². The fourth-order valence-electron chi connectivity index (χ4n) is 2.15. The molecule has 1 heterocycles. The Labute approximate surface area is 118 Å². The SMILES string of the molecule is CCC(C)N(CCOC)c1c(CBr)c(C)nn1C. The summed E-state index contributed by atoms with van der Waals surface area (Å²) in [5.74, 6) is 1.20. The number of hydrogen-bond donors (Lipinski definition) is 0. The zero-order valence-corrected chi connectivity index (χ0v) is 13.6. The predicted molar refractivity (Wildman–Crippen MR) is 79.6 cm³/mol.